The lowest BCUT2D eigenvalue weighted by atomic mass is 10.2. The molecule has 98 valence electrons. The number of benzene rings is 1. The molecular weight excluding hydrogens is 264 g/mol. The van der Waals surface area contributed by atoms with E-state index in [2.05, 4.69) is 15.5 Å². The van der Waals surface area contributed by atoms with Gasteiger partial charge in [0.15, 0.2) is 5.82 Å². The molecule has 1 N–H and O–H groups in total. The molecule has 6 nitrogen and oxygen atoms in total. The Bertz CT molecular complexity index is 609. The average molecular weight is 276 g/mol. The van der Waals surface area contributed by atoms with Crippen LogP contribution in [0.2, 0.25) is 0 Å². The predicted molar refractivity (Wildman–Crippen MR) is 69.1 cm³/mol. The summed E-state index contributed by atoms with van der Waals surface area (Å²) in [5.74, 6) is 0.575. The summed E-state index contributed by atoms with van der Waals surface area (Å²) in [6, 6.07) is 7.34. The number of tetrazole rings is 1. The van der Waals surface area contributed by atoms with E-state index in [1.807, 2.05) is 10.7 Å². The van der Waals surface area contributed by atoms with Gasteiger partial charge in [-0.2, -0.15) is 0 Å². The maximum Gasteiger partial charge on any atom is 0.335 e. The maximum atomic E-state index is 10.9. The normalized spacial score (nSPS) is 14.5. The third kappa shape index (κ3) is 2.76. The number of carbonyl (C=O) groups is 1. The molecule has 1 aliphatic rings. The minimum absolute atomic E-state index is 0.298. The van der Waals surface area contributed by atoms with Crippen molar-refractivity contribution in [2.45, 2.75) is 29.5 Å². The lowest BCUT2D eigenvalue weighted by Crippen LogP contribution is -2.02. The molecule has 1 saturated carbocycles. The van der Waals surface area contributed by atoms with Crippen LogP contribution in [0, 0.1) is 0 Å². The lowest BCUT2D eigenvalue weighted by Gasteiger charge is -2.03. The molecule has 1 aromatic heterocycles. The molecule has 1 aromatic carbocycles. The first-order valence-electron chi connectivity index (χ1n) is 5.97. The zero-order chi connectivity index (χ0) is 13.2. The Labute approximate surface area is 113 Å². The van der Waals surface area contributed by atoms with E-state index < -0.39 is 5.97 Å². The van der Waals surface area contributed by atoms with Crippen molar-refractivity contribution in [3.8, 4) is 0 Å². The molecule has 0 atom stereocenters. The number of carboxylic acids is 1. The van der Waals surface area contributed by atoms with E-state index >= 15 is 0 Å². The molecule has 1 heterocycles. The molecule has 0 spiro atoms. The summed E-state index contributed by atoms with van der Waals surface area (Å²) in [4.78, 5) is 11.8. The first-order valence-corrected chi connectivity index (χ1v) is 6.95. The van der Waals surface area contributed by atoms with Gasteiger partial charge in [-0.15, -0.1) is 16.9 Å². The molecule has 19 heavy (non-hydrogen) atoms. The van der Waals surface area contributed by atoms with Gasteiger partial charge in [-0.25, -0.2) is 9.48 Å². The molecule has 7 heteroatoms. The van der Waals surface area contributed by atoms with Gasteiger partial charge in [-0.3, -0.25) is 0 Å². The zero-order valence-electron chi connectivity index (χ0n) is 10.1. The van der Waals surface area contributed by atoms with E-state index in [1.165, 1.54) is 0 Å². The molecule has 2 aromatic rings. The van der Waals surface area contributed by atoms with Crippen molar-refractivity contribution >= 4 is 17.7 Å². The molecule has 0 amide bonds. The monoisotopic (exact) mass is 276 g/mol. The molecule has 0 aliphatic heterocycles. The summed E-state index contributed by atoms with van der Waals surface area (Å²) in [6.45, 7) is 0. The summed E-state index contributed by atoms with van der Waals surface area (Å²) in [5.41, 5.74) is 0.298. The van der Waals surface area contributed by atoms with Crippen LogP contribution in [-0.2, 0) is 5.75 Å². The third-order valence-electron chi connectivity index (χ3n) is 2.90. The second kappa shape index (κ2) is 5.00. The number of carboxylic acid groups (broad SMARTS) is 1. The van der Waals surface area contributed by atoms with E-state index in [-0.39, 0.29) is 0 Å². The van der Waals surface area contributed by atoms with Crippen LogP contribution in [0.25, 0.3) is 0 Å². The van der Waals surface area contributed by atoms with Crippen molar-refractivity contribution in [2.24, 2.45) is 0 Å². The van der Waals surface area contributed by atoms with Crippen LogP contribution in [0.4, 0.5) is 0 Å². The second-order valence-corrected chi connectivity index (χ2v) is 5.44. The van der Waals surface area contributed by atoms with Crippen molar-refractivity contribution in [1.82, 2.24) is 20.2 Å². The maximum absolute atomic E-state index is 10.9. The molecular formula is C12H12N4O2S. The first-order chi connectivity index (χ1) is 9.24. The summed E-state index contributed by atoms with van der Waals surface area (Å²) in [5, 5.41) is 20.6. The Balaban J connectivity index is 1.70. The molecule has 1 fully saturated rings. The number of rotatable bonds is 5. The number of hydrogen-bond donors (Lipinski definition) is 1. The van der Waals surface area contributed by atoms with Gasteiger partial charge < -0.3 is 5.11 Å². The number of hydrogen-bond acceptors (Lipinski definition) is 5. The van der Waals surface area contributed by atoms with Gasteiger partial charge in [-0.05, 0) is 41.5 Å². The number of thioether (sulfide) groups is 1. The largest absolute Gasteiger partial charge is 0.478 e. The summed E-state index contributed by atoms with van der Waals surface area (Å²) < 4.78 is 1.87. The molecule has 0 unspecified atom stereocenters. The number of nitrogens with zero attached hydrogens (tertiary/aromatic N) is 4. The highest BCUT2D eigenvalue weighted by molar-refractivity contribution is 7.98. The van der Waals surface area contributed by atoms with Crippen molar-refractivity contribution in [3.05, 3.63) is 35.7 Å². The fraction of sp³-hybridized carbons (Fsp3) is 0.333. The van der Waals surface area contributed by atoms with E-state index in [0.717, 1.165) is 23.6 Å². The molecule has 1 aliphatic carbocycles. The number of aromatic carboxylic acids is 1. The highest BCUT2D eigenvalue weighted by Crippen LogP contribution is 2.35. The van der Waals surface area contributed by atoms with Crippen LogP contribution >= 0.6 is 11.8 Å². The molecule has 0 radical (unpaired) electrons. The Hall–Kier alpha value is -1.89. The van der Waals surface area contributed by atoms with E-state index in [4.69, 9.17) is 5.11 Å². The van der Waals surface area contributed by atoms with Crippen LogP contribution in [0.15, 0.2) is 29.2 Å². The highest BCUT2D eigenvalue weighted by Gasteiger charge is 2.27. The summed E-state index contributed by atoms with van der Waals surface area (Å²) in [7, 11) is 0. The summed E-state index contributed by atoms with van der Waals surface area (Å²) in [6.07, 6.45) is 2.27. The Kier molecular flexibility index (Phi) is 3.20. The van der Waals surface area contributed by atoms with Gasteiger partial charge in [0.25, 0.3) is 0 Å². The Morgan fingerprint density at radius 3 is 3.05 bits per heavy atom. The van der Waals surface area contributed by atoms with Gasteiger partial charge in [0.1, 0.15) is 0 Å². The van der Waals surface area contributed by atoms with Crippen molar-refractivity contribution < 1.29 is 9.90 Å². The molecule has 3 rings (SSSR count). The minimum atomic E-state index is -0.912. The zero-order valence-corrected chi connectivity index (χ0v) is 10.9. The average Bonchev–Trinajstić information content (AvgIpc) is 3.16. The van der Waals surface area contributed by atoms with Gasteiger partial charge in [0.05, 0.1) is 17.4 Å². The SMILES string of the molecule is O=C(O)c1cccc(SCc2nnnn2C2CC2)c1. The molecule has 0 bridgehead atoms. The fourth-order valence-electron chi connectivity index (χ4n) is 1.78. The third-order valence-corrected chi connectivity index (χ3v) is 3.89. The van der Waals surface area contributed by atoms with E-state index in [0.29, 0.717) is 17.4 Å². The van der Waals surface area contributed by atoms with Crippen molar-refractivity contribution in [1.29, 1.82) is 0 Å². The van der Waals surface area contributed by atoms with E-state index in [9.17, 15) is 4.79 Å². The molecule has 0 saturated heterocycles. The van der Waals surface area contributed by atoms with Gasteiger partial charge in [-0.1, -0.05) is 6.07 Å². The van der Waals surface area contributed by atoms with Crippen LogP contribution in [-0.4, -0.2) is 31.3 Å². The van der Waals surface area contributed by atoms with Crippen LogP contribution in [0.1, 0.15) is 35.1 Å². The fourth-order valence-corrected chi connectivity index (χ4v) is 2.65. The standard InChI is InChI=1S/C12H12N4O2S/c17-12(18)8-2-1-3-10(6-8)19-7-11-13-14-15-16(11)9-4-5-9/h1-3,6,9H,4-5,7H2,(H,17,18). The van der Waals surface area contributed by atoms with E-state index in [1.54, 1.807) is 30.0 Å². The van der Waals surface area contributed by atoms with Gasteiger partial charge >= 0.3 is 5.97 Å². The van der Waals surface area contributed by atoms with Crippen LogP contribution in [0.5, 0.6) is 0 Å². The lowest BCUT2D eigenvalue weighted by molar-refractivity contribution is 0.0696. The minimum Gasteiger partial charge on any atom is -0.478 e. The predicted octanol–water partition coefficient (Wildman–Crippen LogP) is 2.00. The van der Waals surface area contributed by atoms with Gasteiger partial charge in [0, 0.05) is 4.90 Å². The van der Waals surface area contributed by atoms with Crippen molar-refractivity contribution in [3.63, 3.8) is 0 Å². The summed E-state index contributed by atoms with van der Waals surface area (Å²) >= 11 is 1.54. The van der Waals surface area contributed by atoms with Crippen molar-refractivity contribution in [2.75, 3.05) is 0 Å². The first kappa shape index (κ1) is 12.2. The topological polar surface area (TPSA) is 80.9 Å². The smallest absolute Gasteiger partial charge is 0.335 e. The Morgan fingerprint density at radius 1 is 1.47 bits per heavy atom. The number of aromatic nitrogens is 4. The Morgan fingerprint density at radius 2 is 2.32 bits per heavy atom. The quantitative estimate of drug-likeness (QED) is 0.841. The van der Waals surface area contributed by atoms with Gasteiger partial charge in [0.2, 0.25) is 0 Å². The highest BCUT2D eigenvalue weighted by atomic mass is 32.2. The second-order valence-electron chi connectivity index (χ2n) is 4.39. The van der Waals surface area contributed by atoms with Crippen LogP contribution in [0.3, 0.4) is 0 Å². The van der Waals surface area contributed by atoms with Crippen LogP contribution < -0.4 is 0 Å².